The van der Waals surface area contributed by atoms with Gasteiger partial charge in [0.25, 0.3) is 0 Å². The van der Waals surface area contributed by atoms with E-state index in [1.54, 1.807) is 0 Å². The van der Waals surface area contributed by atoms with Gasteiger partial charge < -0.3 is 10.5 Å². The monoisotopic (exact) mass is 399 g/mol. The van der Waals surface area contributed by atoms with Crippen molar-refractivity contribution in [1.82, 2.24) is 10.3 Å². The van der Waals surface area contributed by atoms with Crippen LogP contribution in [0.5, 0.6) is 5.75 Å². The zero-order valence-electron chi connectivity index (χ0n) is 10.8. The van der Waals surface area contributed by atoms with E-state index in [4.69, 9.17) is 0 Å². The molecule has 4 nitrogen and oxygen atoms in total. The van der Waals surface area contributed by atoms with Crippen LogP contribution in [0.25, 0.3) is 0 Å². The number of hydrogen-bond donors (Lipinski definition) is 2. The van der Waals surface area contributed by atoms with Gasteiger partial charge in [-0.05, 0) is 75.5 Å². The SMILES string of the molecule is Oc1c(Br)cc(C2NN=C3C4CCN(CC4)C32)cc1Br. The number of rotatable bonds is 1. The van der Waals surface area contributed by atoms with Gasteiger partial charge in [-0.2, -0.15) is 5.10 Å². The molecule has 0 aliphatic carbocycles. The highest BCUT2D eigenvalue weighted by Crippen LogP contribution is 2.41. The normalized spacial score (nSPS) is 34.6. The third-order valence-corrected chi connectivity index (χ3v) is 5.90. The summed E-state index contributed by atoms with van der Waals surface area (Å²) in [4.78, 5) is 2.54. The largest absolute Gasteiger partial charge is 0.506 e. The lowest BCUT2D eigenvalue weighted by molar-refractivity contribution is 0.133. The molecule has 5 rings (SSSR count). The van der Waals surface area contributed by atoms with Gasteiger partial charge in [-0.3, -0.25) is 4.90 Å². The molecule has 106 valence electrons. The number of nitrogens with zero attached hydrogens (tertiary/aromatic N) is 2. The van der Waals surface area contributed by atoms with E-state index >= 15 is 0 Å². The maximum absolute atomic E-state index is 9.86. The fourth-order valence-corrected chi connectivity index (χ4v) is 4.90. The number of piperidine rings is 3. The molecule has 2 unspecified atom stereocenters. The van der Waals surface area contributed by atoms with E-state index < -0.39 is 0 Å². The molecule has 1 aromatic carbocycles. The summed E-state index contributed by atoms with van der Waals surface area (Å²) in [5, 5.41) is 14.5. The van der Waals surface area contributed by atoms with Gasteiger partial charge in [0.1, 0.15) is 5.75 Å². The first-order chi connectivity index (χ1) is 9.65. The Morgan fingerprint density at radius 2 is 1.85 bits per heavy atom. The summed E-state index contributed by atoms with van der Waals surface area (Å²) in [5.74, 6) is 0.907. The van der Waals surface area contributed by atoms with Crippen LogP contribution in [0, 0.1) is 5.92 Å². The van der Waals surface area contributed by atoms with Crippen LogP contribution >= 0.6 is 31.9 Å². The lowest BCUT2D eigenvalue weighted by Gasteiger charge is -2.45. The minimum Gasteiger partial charge on any atom is -0.506 e. The maximum atomic E-state index is 9.86. The molecule has 0 spiro atoms. The molecular formula is C14H15Br2N3O. The zero-order valence-corrected chi connectivity index (χ0v) is 14.0. The maximum Gasteiger partial charge on any atom is 0.143 e. The van der Waals surface area contributed by atoms with E-state index in [0.29, 0.717) is 20.9 Å². The summed E-state index contributed by atoms with van der Waals surface area (Å²) < 4.78 is 1.43. The standard InChI is InChI=1S/C14H15Br2N3O/c15-9-5-8(6-10(16)14(9)20)12-13-11(17-18-12)7-1-3-19(13)4-2-7/h5-7,12-13,18,20H,1-4H2. The van der Waals surface area contributed by atoms with Crippen LogP contribution in [0.1, 0.15) is 24.4 Å². The number of aromatic hydroxyl groups is 1. The highest BCUT2D eigenvalue weighted by Gasteiger charge is 2.46. The van der Waals surface area contributed by atoms with Gasteiger partial charge in [-0.15, -0.1) is 0 Å². The second kappa shape index (κ2) is 4.71. The fraction of sp³-hybridized carbons (Fsp3) is 0.500. The van der Waals surface area contributed by atoms with Crippen LogP contribution in [0.2, 0.25) is 0 Å². The number of halogens is 2. The van der Waals surface area contributed by atoms with Gasteiger partial charge in [0.05, 0.1) is 26.7 Å². The summed E-state index contributed by atoms with van der Waals surface area (Å²) in [6.07, 6.45) is 2.49. The number of phenolic OH excluding ortho intramolecular Hbond substituents is 1. The van der Waals surface area contributed by atoms with Crippen molar-refractivity contribution in [2.75, 3.05) is 13.1 Å². The van der Waals surface area contributed by atoms with Crippen LogP contribution in [0.3, 0.4) is 0 Å². The molecule has 6 heteroatoms. The second-order valence-corrected chi connectivity index (χ2v) is 7.44. The number of hydrazone groups is 1. The van der Waals surface area contributed by atoms with E-state index in [1.807, 2.05) is 12.1 Å². The number of phenols is 1. The van der Waals surface area contributed by atoms with Crippen molar-refractivity contribution in [3.05, 3.63) is 26.6 Å². The molecule has 2 atom stereocenters. The third-order valence-electron chi connectivity index (χ3n) is 4.69. The van der Waals surface area contributed by atoms with Crippen molar-refractivity contribution in [3.8, 4) is 5.75 Å². The predicted octanol–water partition coefficient (Wildman–Crippen LogP) is 3.01. The van der Waals surface area contributed by atoms with Crippen LogP contribution in [0.4, 0.5) is 0 Å². The van der Waals surface area contributed by atoms with Crippen molar-refractivity contribution in [3.63, 3.8) is 0 Å². The summed E-state index contributed by atoms with van der Waals surface area (Å²) in [6, 6.07) is 4.53. The molecule has 3 saturated heterocycles. The zero-order chi connectivity index (χ0) is 13.9. The first-order valence-corrected chi connectivity index (χ1v) is 8.48. The van der Waals surface area contributed by atoms with E-state index in [0.717, 1.165) is 5.56 Å². The topological polar surface area (TPSA) is 47.9 Å². The molecule has 1 aromatic rings. The van der Waals surface area contributed by atoms with Crippen molar-refractivity contribution in [2.45, 2.75) is 24.9 Å². The minimum atomic E-state index is 0.182. The third kappa shape index (κ3) is 1.84. The molecule has 2 bridgehead atoms. The molecule has 4 aliphatic rings. The Balaban J connectivity index is 1.71. The Bertz CT molecular complexity index is 573. The average Bonchev–Trinajstić information content (AvgIpc) is 2.92. The molecule has 0 radical (unpaired) electrons. The van der Waals surface area contributed by atoms with Gasteiger partial charge in [-0.1, -0.05) is 0 Å². The van der Waals surface area contributed by atoms with Crippen LogP contribution < -0.4 is 5.43 Å². The van der Waals surface area contributed by atoms with Crippen molar-refractivity contribution >= 4 is 37.6 Å². The minimum absolute atomic E-state index is 0.182. The molecule has 0 aromatic heterocycles. The number of hydrogen-bond acceptors (Lipinski definition) is 4. The molecular weight excluding hydrogens is 386 g/mol. The van der Waals surface area contributed by atoms with E-state index in [-0.39, 0.29) is 11.8 Å². The Morgan fingerprint density at radius 1 is 1.20 bits per heavy atom. The van der Waals surface area contributed by atoms with Gasteiger partial charge >= 0.3 is 0 Å². The van der Waals surface area contributed by atoms with Crippen molar-refractivity contribution in [2.24, 2.45) is 11.0 Å². The summed E-state index contributed by atoms with van der Waals surface area (Å²) in [6.45, 7) is 2.35. The summed E-state index contributed by atoms with van der Waals surface area (Å²) >= 11 is 6.83. The molecule has 0 saturated carbocycles. The first kappa shape index (κ1) is 13.1. The number of benzene rings is 1. The number of nitrogens with one attached hydrogen (secondary N) is 1. The van der Waals surface area contributed by atoms with Gasteiger partial charge in [-0.25, -0.2) is 0 Å². The Kier molecular flexibility index (Phi) is 3.09. The van der Waals surface area contributed by atoms with Crippen LogP contribution in [0.15, 0.2) is 26.2 Å². The highest BCUT2D eigenvalue weighted by atomic mass is 79.9. The van der Waals surface area contributed by atoms with Crippen LogP contribution in [-0.2, 0) is 0 Å². The van der Waals surface area contributed by atoms with Gasteiger partial charge in [0.15, 0.2) is 0 Å². The quantitative estimate of drug-likeness (QED) is 0.761. The lowest BCUT2D eigenvalue weighted by Crippen LogP contribution is -2.56. The lowest BCUT2D eigenvalue weighted by atomic mass is 9.78. The Hall–Kier alpha value is -0.590. The Morgan fingerprint density at radius 3 is 2.50 bits per heavy atom. The Labute approximate surface area is 134 Å². The van der Waals surface area contributed by atoms with Crippen molar-refractivity contribution in [1.29, 1.82) is 0 Å². The number of fused-ring (bicyclic) bond motifs is 2. The summed E-state index contributed by atoms with van der Waals surface area (Å²) in [7, 11) is 0. The van der Waals surface area contributed by atoms with E-state index in [9.17, 15) is 5.11 Å². The molecule has 2 N–H and O–H groups in total. The summed E-state index contributed by atoms with van der Waals surface area (Å²) in [5.41, 5.74) is 5.79. The van der Waals surface area contributed by atoms with Crippen LogP contribution in [-0.4, -0.2) is 34.8 Å². The average molecular weight is 401 g/mol. The molecule has 4 heterocycles. The molecule has 0 amide bonds. The molecule has 4 aliphatic heterocycles. The van der Waals surface area contributed by atoms with E-state index in [2.05, 4.69) is 47.3 Å². The molecule has 20 heavy (non-hydrogen) atoms. The second-order valence-electron chi connectivity index (χ2n) is 5.73. The highest BCUT2D eigenvalue weighted by molar-refractivity contribution is 9.11. The van der Waals surface area contributed by atoms with E-state index in [1.165, 1.54) is 31.6 Å². The van der Waals surface area contributed by atoms with Crippen molar-refractivity contribution < 1.29 is 5.11 Å². The smallest absolute Gasteiger partial charge is 0.143 e. The van der Waals surface area contributed by atoms with Gasteiger partial charge in [0, 0.05) is 5.92 Å². The first-order valence-electron chi connectivity index (χ1n) is 6.90. The fourth-order valence-electron chi connectivity index (χ4n) is 3.68. The predicted molar refractivity (Wildman–Crippen MR) is 84.9 cm³/mol. The molecule has 3 fully saturated rings. The van der Waals surface area contributed by atoms with Gasteiger partial charge in [0.2, 0.25) is 0 Å².